The first-order valence-corrected chi connectivity index (χ1v) is 6.20. The maximum Gasteiger partial charge on any atom is 0.0947 e. The highest BCUT2D eigenvalue weighted by Gasteiger charge is 2.20. The van der Waals surface area contributed by atoms with Crippen LogP contribution in [-0.4, -0.2) is 30.6 Å². The first-order valence-electron chi connectivity index (χ1n) is 6.20. The average Bonchev–Trinajstić information content (AvgIpc) is 2.95. The molecule has 3 heteroatoms. The molecule has 1 aliphatic carbocycles. The largest absolute Gasteiger partial charge is 0.472 e. The topological polar surface area (TPSA) is 28.4 Å². The van der Waals surface area contributed by atoms with Crippen LogP contribution in [0.1, 0.15) is 31.7 Å². The second-order valence-corrected chi connectivity index (χ2v) is 4.91. The molecular formula is C13H22N2O. The summed E-state index contributed by atoms with van der Waals surface area (Å²) in [4.78, 5) is 2.37. The Kier molecular flexibility index (Phi) is 4.02. The summed E-state index contributed by atoms with van der Waals surface area (Å²) in [5.74, 6) is 0. The second-order valence-electron chi connectivity index (χ2n) is 4.91. The highest BCUT2D eigenvalue weighted by atomic mass is 16.3. The lowest BCUT2D eigenvalue weighted by Gasteiger charge is -2.24. The Labute approximate surface area is 97.8 Å². The molecule has 1 aromatic rings. The maximum absolute atomic E-state index is 5.08. The molecule has 0 amide bonds. The maximum atomic E-state index is 5.08. The van der Waals surface area contributed by atoms with Gasteiger partial charge in [-0.25, -0.2) is 0 Å². The highest BCUT2D eigenvalue weighted by molar-refractivity contribution is 5.04. The van der Waals surface area contributed by atoms with E-state index in [4.69, 9.17) is 4.42 Å². The molecule has 0 saturated heterocycles. The molecule has 0 spiro atoms. The molecule has 90 valence electrons. The van der Waals surface area contributed by atoms with E-state index in [1.54, 1.807) is 6.26 Å². The zero-order valence-corrected chi connectivity index (χ0v) is 10.3. The Bertz CT molecular complexity index is 293. The van der Waals surface area contributed by atoms with E-state index in [0.29, 0.717) is 6.04 Å². The van der Waals surface area contributed by atoms with Gasteiger partial charge in [0, 0.05) is 24.2 Å². The van der Waals surface area contributed by atoms with Crippen molar-refractivity contribution in [3.05, 3.63) is 24.2 Å². The van der Waals surface area contributed by atoms with Gasteiger partial charge < -0.3 is 9.73 Å². The number of rotatable bonds is 7. The van der Waals surface area contributed by atoms with Crippen molar-refractivity contribution in [1.82, 2.24) is 10.2 Å². The third-order valence-electron chi connectivity index (χ3n) is 3.34. The lowest BCUT2D eigenvalue weighted by molar-refractivity contribution is 0.236. The van der Waals surface area contributed by atoms with Crippen LogP contribution in [0.15, 0.2) is 23.0 Å². The van der Waals surface area contributed by atoms with Crippen LogP contribution < -0.4 is 5.32 Å². The minimum absolute atomic E-state index is 0.612. The Morgan fingerprint density at radius 1 is 1.56 bits per heavy atom. The molecule has 0 bridgehead atoms. The molecule has 0 radical (unpaired) electrons. The van der Waals surface area contributed by atoms with E-state index in [9.17, 15) is 0 Å². The molecule has 1 aliphatic rings. The summed E-state index contributed by atoms with van der Waals surface area (Å²) in [6, 6.07) is 3.47. The minimum Gasteiger partial charge on any atom is -0.472 e. The fraction of sp³-hybridized carbons (Fsp3) is 0.692. The van der Waals surface area contributed by atoms with Gasteiger partial charge in [0.25, 0.3) is 0 Å². The monoisotopic (exact) mass is 222 g/mol. The number of furan rings is 1. The summed E-state index contributed by atoms with van der Waals surface area (Å²) in [6.45, 7) is 4.40. The summed E-state index contributed by atoms with van der Waals surface area (Å²) in [5.41, 5.74) is 1.25. The predicted molar refractivity (Wildman–Crippen MR) is 65.3 cm³/mol. The summed E-state index contributed by atoms with van der Waals surface area (Å²) in [5, 5.41) is 3.56. The average molecular weight is 222 g/mol. The SMILES string of the molecule is CC(CCNC1CC1)N(C)Cc1ccoc1. The normalized spacial score (nSPS) is 17.9. The molecule has 1 atom stereocenters. The van der Waals surface area contributed by atoms with E-state index in [0.717, 1.165) is 19.1 Å². The number of nitrogens with one attached hydrogen (secondary N) is 1. The molecule has 0 aromatic carbocycles. The zero-order valence-electron chi connectivity index (χ0n) is 10.3. The Balaban J connectivity index is 1.64. The Hall–Kier alpha value is -0.800. The van der Waals surface area contributed by atoms with Crippen LogP contribution in [0.2, 0.25) is 0 Å². The summed E-state index contributed by atoms with van der Waals surface area (Å²) in [6.07, 6.45) is 7.53. The van der Waals surface area contributed by atoms with Crippen molar-refractivity contribution in [3.63, 3.8) is 0 Å². The van der Waals surface area contributed by atoms with Crippen LogP contribution in [0.5, 0.6) is 0 Å². The Morgan fingerprint density at radius 3 is 3.00 bits per heavy atom. The summed E-state index contributed by atoms with van der Waals surface area (Å²) < 4.78 is 5.08. The molecule has 2 rings (SSSR count). The molecule has 3 nitrogen and oxygen atoms in total. The summed E-state index contributed by atoms with van der Waals surface area (Å²) in [7, 11) is 2.18. The molecule has 1 N–H and O–H groups in total. The van der Waals surface area contributed by atoms with E-state index in [2.05, 4.69) is 24.2 Å². The van der Waals surface area contributed by atoms with Gasteiger partial charge >= 0.3 is 0 Å². The van der Waals surface area contributed by atoms with Crippen LogP contribution in [0.25, 0.3) is 0 Å². The predicted octanol–water partition coefficient (Wildman–Crippen LogP) is 2.24. The highest BCUT2D eigenvalue weighted by Crippen LogP contribution is 2.18. The third kappa shape index (κ3) is 3.65. The van der Waals surface area contributed by atoms with Crippen LogP contribution in [0, 0.1) is 0 Å². The van der Waals surface area contributed by atoms with Crippen molar-refractivity contribution in [1.29, 1.82) is 0 Å². The van der Waals surface area contributed by atoms with Gasteiger partial charge in [0.05, 0.1) is 12.5 Å². The molecule has 1 heterocycles. The fourth-order valence-electron chi connectivity index (χ4n) is 1.83. The van der Waals surface area contributed by atoms with E-state index >= 15 is 0 Å². The molecule has 1 fully saturated rings. The quantitative estimate of drug-likeness (QED) is 0.767. The van der Waals surface area contributed by atoms with Crippen molar-refractivity contribution in [2.75, 3.05) is 13.6 Å². The number of nitrogens with zero attached hydrogens (tertiary/aromatic N) is 1. The van der Waals surface area contributed by atoms with Crippen molar-refractivity contribution < 1.29 is 4.42 Å². The molecular weight excluding hydrogens is 200 g/mol. The molecule has 16 heavy (non-hydrogen) atoms. The molecule has 1 aromatic heterocycles. The van der Waals surface area contributed by atoms with Crippen molar-refractivity contribution in [2.24, 2.45) is 0 Å². The smallest absolute Gasteiger partial charge is 0.0947 e. The van der Waals surface area contributed by atoms with Crippen molar-refractivity contribution in [2.45, 2.75) is 44.8 Å². The van der Waals surface area contributed by atoms with E-state index in [1.807, 2.05) is 12.3 Å². The molecule has 1 unspecified atom stereocenters. The van der Waals surface area contributed by atoms with Gasteiger partial charge in [0.1, 0.15) is 0 Å². The fourth-order valence-corrected chi connectivity index (χ4v) is 1.83. The standard InChI is InChI=1S/C13H22N2O/c1-11(5-7-14-13-3-4-13)15(2)9-12-6-8-16-10-12/h6,8,10-11,13-14H,3-5,7,9H2,1-2H3. The lowest BCUT2D eigenvalue weighted by atomic mass is 10.2. The summed E-state index contributed by atoms with van der Waals surface area (Å²) >= 11 is 0. The van der Waals surface area contributed by atoms with Gasteiger partial charge in [-0.1, -0.05) is 0 Å². The first kappa shape index (κ1) is 11.7. The van der Waals surface area contributed by atoms with E-state index in [1.165, 1.54) is 24.8 Å². The van der Waals surface area contributed by atoms with E-state index in [-0.39, 0.29) is 0 Å². The number of hydrogen-bond acceptors (Lipinski definition) is 3. The van der Waals surface area contributed by atoms with Crippen molar-refractivity contribution in [3.8, 4) is 0 Å². The van der Waals surface area contributed by atoms with Crippen molar-refractivity contribution >= 4 is 0 Å². The number of hydrogen-bond donors (Lipinski definition) is 1. The zero-order chi connectivity index (χ0) is 11.4. The van der Waals surface area contributed by atoms with Crippen LogP contribution in [0.4, 0.5) is 0 Å². The lowest BCUT2D eigenvalue weighted by Crippen LogP contribution is -2.32. The van der Waals surface area contributed by atoms with Gasteiger partial charge in [0.15, 0.2) is 0 Å². The first-order chi connectivity index (χ1) is 7.75. The second kappa shape index (κ2) is 5.51. The third-order valence-corrected chi connectivity index (χ3v) is 3.34. The molecule has 0 aliphatic heterocycles. The van der Waals surface area contributed by atoms with Crippen LogP contribution >= 0.6 is 0 Å². The minimum atomic E-state index is 0.612. The van der Waals surface area contributed by atoms with E-state index < -0.39 is 0 Å². The Morgan fingerprint density at radius 2 is 2.38 bits per heavy atom. The van der Waals surface area contributed by atoms with Gasteiger partial charge in [-0.2, -0.15) is 0 Å². The van der Waals surface area contributed by atoms with Gasteiger partial charge in [-0.15, -0.1) is 0 Å². The van der Waals surface area contributed by atoms with Gasteiger partial charge in [-0.3, -0.25) is 4.90 Å². The van der Waals surface area contributed by atoms with Crippen LogP contribution in [0.3, 0.4) is 0 Å². The molecule has 1 saturated carbocycles. The van der Waals surface area contributed by atoms with Crippen LogP contribution in [-0.2, 0) is 6.54 Å². The van der Waals surface area contributed by atoms with Gasteiger partial charge in [-0.05, 0) is 45.8 Å². The van der Waals surface area contributed by atoms with Gasteiger partial charge in [0.2, 0.25) is 0 Å².